The van der Waals surface area contributed by atoms with E-state index in [1.807, 2.05) is 6.92 Å². The molecule has 0 aromatic carbocycles. The largest absolute Gasteiger partial charge is 0.376 e. The second-order valence-electron chi connectivity index (χ2n) is 3.18. The van der Waals surface area contributed by atoms with E-state index in [2.05, 4.69) is 4.90 Å². The Labute approximate surface area is 82.7 Å². The van der Waals surface area contributed by atoms with Gasteiger partial charge in [0.25, 0.3) is 0 Å². The van der Waals surface area contributed by atoms with Crippen molar-refractivity contribution in [2.45, 2.75) is 17.5 Å². The fourth-order valence-electron chi connectivity index (χ4n) is 1.33. The molecule has 1 unspecified atom stereocenters. The first kappa shape index (κ1) is 10.5. The topological polar surface area (TPSA) is 38.5 Å². The van der Waals surface area contributed by atoms with Crippen LogP contribution in [0.5, 0.6) is 0 Å². The highest BCUT2D eigenvalue weighted by Crippen LogP contribution is 2.16. The van der Waals surface area contributed by atoms with Gasteiger partial charge in [0, 0.05) is 19.6 Å². The van der Waals surface area contributed by atoms with Crippen LogP contribution in [0.3, 0.4) is 0 Å². The van der Waals surface area contributed by atoms with E-state index in [0.29, 0.717) is 6.54 Å². The summed E-state index contributed by atoms with van der Waals surface area (Å²) in [4.78, 5) is 2.11. The molecule has 72 valence electrons. The Kier molecular flexibility index (Phi) is 3.61. The molecule has 0 radical (unpaired) electrons. The van der Waals surface area contributed by atoms with Crippen LogP contribution >= 0.6 is 23.2 Å². The second-order valence-corrected chi connectivity index (χ2v) is 4.72. The Hall–Kier alpha value is 0.460. The monoisotopic (exact) mass is 212 g/mol. The molecule has 3 nitrogen and oxygen atoms in total. The third kappa shape index (κ3) is 3.92. The molecule has 0 aromatic heterocycles. The first-order valence-electron chi connectivity index (χ1n) is 3.98. The predicted octanol–water partition coefficient (Wildman–Crippen LogP) is 0.797. The van der Waals surface area contributed by atoms with E-state index < -0.39 is 4.46 Å². The number of hydrogen-bond acceptors (Lipinski definition) is 3. The molecule has 0 aromatic rings. The van der Waals surface area contributed by atoms with Gasteiger partial charge in [-0.05, 0) is 6.92 Å². The molecule has 5 heteroatoms. The summed E-state index contributed by atoms with van der Waals surface area (Å²) in [6.07, 6.45) is 0.245. The molecule has 0 bridgehead atoms. The minimum atomic E-state index is -1.14. The third-order valence-corrected chi connectivity index (χ3v) is 2.00. The number of hydrogen-bond donors (Lipinski definition) is 1. The molecule has 1 fully saturated rings. The molecule has 1 saturated heterocycles. The van der Waals surface area contributed by atoms with Crippen molar-refractivity contribution < 1.29 is 4.74 Å². The molecule has 1 heterocycles. The molecule has 0 saturated carbocycles. The Morgan fingerprint density at radius 3 is 2.83 bits per heavy atom. The lowest BCUT2D eigenvalue weighted by Crippen LogP contribution is -2.48. The molecular formula is C7H14Cl2N2O. The lowest BCUT2D eigenvalue weighted by atomic mass is 10.3. The molecule has 0 amide bonds. The smallest absolute Gasteiger partial charge is 0.179 e. The first-order chi connectivity index (χ1) is 5.47. The van der Waals surface area contributed by atoms with Crippen LogP contribution in [0.1, 0.15) is 6.92 Å². The van der Waals surface area contributed by atoms with Crippen molar-refractivity contribution in [1.29, 1.82) is 0 Å². The van der Waals surface area contributed by atoms with Crippen LogP contribution < -0.4 is 5.73 Å². The number of nitrogens with zero attached hydrogens (tertiary/aromatic N) is 1. The number of morpholine rings is 1. The zero-order chi connectivity index (χ0) is 9.19. The molecule has 1 aliphatic heterocycles. The highest BCUT2D eigenvalue weighted by molar-refractivity contribution is 6.48. The Bertz CT molecular complexity index is 149. The van der Waals surface area contributed by atoms with Crippen LogP contribution in [0.15, 0.2) is 0 Å². The molecule has 0 aliphatic carbocycles. The van der Waals surface area contributed by atoms with Gasteiger partial charge in [-0.3, -0.25) is 10.6 Å². The van der Waals surface area contributed by atoms with Gasteiger partial charge in [0.1, 0.15) is 0 Å². The minimum absolute atomic E-state index is 0.245. The van der Waals surface area contributed by atoms with Gasteiger partial charge >= 0.3 is 0 Å². The maximum Gasteiger partial charge on any atom is 0.179 e. The van der Waals surface area contributed by atoms with Gasteiger partial charge in [0.15, 0.2) is 4.46 Å². The van der Waals surface area contributed by atoms with Crippen LogP contribution in [-0.2, 0) is 4.74 Å². The Morgan fingerprint density at radius 2 is 2.33 bits per heavy atom. The maximum absolute atomic E-state index is 5.67. The standard InChI is InChI=1S/C7H14Cl2N2O/c1-6-4-11(2-3-12-6)5-7(8,9)10/h6H,2-5,10H2,1H3. The van der Waals surface area contributed by atoms with E-state index in [1.54, 1.807) is 0 Å². The van der Waals surface area contributed by atoms with Crippen molar-refractivity contribution in [1.82, 2.24) is 4.90 Å². The van der Waals surface area contributed by atoms with Crippen molar-refractivity contribution in [2.75, 3.05) is 26.2 Å². The summed E-state index contributed by atoms with van der Waals surface area (Å²) in [6, 6.07) is 0. The van der Waals surface area contributed by atoms with Gasteiger partial charge in [0.05, 0.1) is 12.7 Å². The Balaban J connectivity index is 2.32. The predicted molar refractivity (Wildman–Crippen MR) is 50.5 cm³/mol. The van der Waals surface area contributed by atoms with Crippen molar-refractivity contribution in [3.63, 3.8) is 0 Å². The summed E-state index contributed by atoms with van der Waals surface area (Å²) in [5, 5.41) is 0. The van der Waals surface area contributed by atoms with E-state index in [0.717, 1.165) is 19.7 Å². The average Bonchev–Trinajstić information content (AvgIpc) is 1.82. The third-order valence-electron chi connectivity index (χ3n) is 1.76. The van der Waals surface area contributed by atoms with Crippen molar-refractivity contribution >= 4 is 23.2 Å². The molecule has 0 spiro atoms. The molecule has 1 atom stereocenters. The average molecular weight is 213 g/mol. The van der Waals surface area contributed by atoms with Crippen LogP contribution in [0.2, 0.25) is 0 Å². The SMILES string of the molecule is CC1CN(CC(N)(Cl)Cl)CCO1. The number of halogens is 2. The number of nitrogens with two attached hydrogens (primary N) is 1. The first-order valence-corrected chi connectivity index (χ1v) is 4.73. The quantitative estimate of drug-likeness (QED) is 0.544. The van der Waals surface area contributed by atoms with Crippen LogP contribution in [-0.4, -0.2) is 41.7 Å². The summed E-state index contributed by atoms with van der Waals surface area (Å²) in [5.74, 6) is 0. The van der Waals surface area contributed by atoms with Gasteiger partial charge in [-0.25, -0.2) is 0 Å². The normalized spacial score (nSPS) is 27.5. The minimum Gasteiger partial charge on any atom is -0.376 e. The van der Waals surface area contributed by atoms with Crippen molar-refractivity contribution in [2.24, 2.45) is 5.73 Å². The Morgan fingerprint density at radius 1 is 1.67 bits per heavy atom. The van der Waals surface area contributed by atoms with E-state index in [4.69, 9.17) is 33.7 Å². The van der Waals surface area contributed by atoms with E-state index in [-0.39, 0.29) is 6.10 Å². The van der Waals surface area contributed by atoms with Crippen LogP contribution in [0, 0.1) is 0 Å². The fourth-order valence-corrected chi connectivity index (χ4v) is 1.67. The molecule has 1 rings (SSSR count). The maximum atomic E-state index is 5.67. The highest BCUT2D eigenvalue weighted by Gasteiger charge is 2.25. The summed E-state index contributed by atoms with van der Waals surface area (Å²) < 4.78 is 4.21. The van der Waals surface area contributed by atoms with Gasteiger partial charge in [0.2, 0.25) is 0 Å². The molecule has 12 heavy (non-hydrogen) atoms. The summed E-state index contributed by atoms with van der Waals surface area (Å²) in [7, 11) is 0. The summed E-state index contributed by atoms with van der Waals surface area (Å²) in [6.45, 7) is 4.93. The zero-order valence-electron chi connectivity index (χ0n) is 7.09. The molecule has 1 aliphatic rings. The van der Waals surface area contributed by atoms with Crippen molar-refractivity contribution in [3.05, 3.63) is 0 Å². The van der Waals surface area contributed by atoms with Gasteiger partial charge in [-0.2, -0.15) is 0 Å². The molecule has 2 N–H and O–H groups in total. The molecular weight excluding hydrogens is 199 g/mol. The lowest BCUT2D eigenvalue weighted by molar-refractivity contribution is -0.0189. The fraction of sp³-hybridized carbons (Fsp3) is 1.00. The van der Waals surface area contributed by atoms with Gasteiger partial charge < -0.3 is 4.74 Å². The van der Waals surface area contributed by atoms with E-state index >= 15 is 0 Å². The lowest BCUT2D eigenvalue weighted by Gasteiger charge is -2.33. The van der Waals surface area contributed by atoms with Gasteiger partial charge in [-0.1, -0.05) is 23.2 Å². The summed E-state index contributed by atoms with van der Waals surface area (Å²) in [5.41, 5.74) is 5.46. The van der Waals surface area contributed by atoms with Crippen molar-refractivity contribution in [3.8, 4) is 0 Å². The number of alkyl halides is 2. The van der Waals surface area contributed by atoms with E-state index in [1.165, 1.54) is 0 Å². The summed E-state index contributed by atoms with van der Waals surface area (Å²) >= 11 is 11.3. The number of ether oxygens (including phenoxy) is 1. The van der Waals surface area contributed by atoms with Gasteiger partial charge in [-0.15, -0.1) is 0 Å². The van der Waals surface area contributed by atoms with Crippen LogP contribution in [0.4, 0.5) is 0 Å². The highest BCUT2D eigenvalue weighted by atomic mass is 35.5. The second kappa shape index (κ2) is 4.11. The number of rotatable bonds is 2. The zero-order valence-corrected chi connectivity index (χ0v) is 8.61. The van der Waals surface area contributed by atoms with Crippen LogP contribution in [0.25, 0.3) is 0 Å². The van der Waals surface area contributed by atoms with E-state index in [9.17, 15) is 0 Å².